The highest BCUT2D eigenvalue weighted by atomic mass is 32.2. The van der Waals surface area contributed by atoms with Gasteiger partial charge in [-0.25, -0.2) is 8.42 Å². The van der Waals surface area contributed by atoms with Gasteiger partial charge in [0, 0.05) is 32.1 Å². The van der Waals surface area contributed by atoms with E-state index in [4.69, 9.17) is 4.52 Å². The average Bonchev–Trinajstić information content (AvgIpc) is 3.34. The molecular weight excluding hydrogens is 534 g/mol. The Bertz CT molecular complexity index is 1490. The lowest BCUT2D eigenvalue weighted by Gasteiger charge is -2.37. The smallest absolute Gasteiger partial charge is 0.248 e. The normalized spacial score (nSPS) is 17.9. The molecule has 0 bridgehead atoms. The van der Waals surface area contributed by atoms with E-state index in [-0.39, 0.29) is 22.5 Å². The van der Waals surface area contributed by atoms with Crippen LogP contribution in [0.15, 0.2) is 51.9 Å². The number of carbonyl (C=O) groups excluding carboxylic acids is 1. The minimum Gasteiger partial charge on any atom is -0.355 e. The number of rotatable bonds is 7. The molecule has 41 heavy (non-hydrogen) atoms. The quantitative estimate of drug-likeness (QED) is 0.347. The first-order valence-corrected chi connectivity index (χ1v) is 16.1. The minimum atomic E-state index is -3.82. The summed E-state index contributed by atoms with van der Waals surface area (Å²) < 4.78 is 34.4. The van der Waals surface area contributed by atoms with Gasteiger partial charge in [-0.15, -0.1) is 0 Å². The van der Waals surface area contributed by atoms with Gasteiger partial charge in [-0.3, -0.25) is 4.79 Å². The van der Waals surface area contributed by atoms with Crippen LogP contribution in [0.25, 0.3) is 12.2 Å². The molecule has 2 fully saturated rings. The molecule has 3 aromatic rings. The van der Waals surface area contributed by atoms with Gasteiger partial charge in [0.25, 0.3) is 0 Å². The molecule has 0 spiro atoms. The maximum Gasteiger partial charge on any atom is 0.248 e. The lowest BCUT2D eigenvalue weighted by atomic mass is 9.89. The minimum absolute atomic E-state index is 0.112. The third-order valence-electron chi connectivity index (χ3n) is 8.67. The van der Waals surface area contributed by atoms with E-state index >= 15 is 0 Å². The van der Waals surface area contributed by atoms with Crippen molar-refractivity contribution < 1.29 is 17.7 Å². The number of piperidine rings is 2. The Morgan fingerprint density at radius 3 is 2.20 bits per heavy atom. The van der Waals surface area contributed by atoms with Crippen LogP contribution in [0.2, 0.25) is 0 Å². The van der Waals surface area contributed by atoms with Crippen LogP contribution in [-0.4, -0.2) is 54.9 Å². The van der Waals surface area contributed by atoms with Crippen molar-refractivity contribution in [2.24, 2.45) is 11.8 Å². The van der Waals surface area contributed by atoms with E-state index in [0.717, 1.165) is 49.0 Å². The molecule has 2 aliphatic heterocycles. The van der Waals surface area contributed by atoms with E-state index in [0.29, 0.717) is 37.5 Å². The number of carbonyl (C=O) groups is 1. The van der Waals surface area contributed by atoms with Gasteiger partial charge < -0.3 is 9.42 Å². The van der Waals surface area contributed by atoms with Crippen molar-refractivity contribution in [1.82, 2.24) is 14.4 Å². The molecule has 3 heterocycles. The van der Waals surface area contributed by atoms with Crippen LogP contribution in [0.5, 0.6) is 0 Å². The lowest BCUT2D eigenvalue weighted by molar-refractivity contribution is -0.138. The molecule has 0 aliphatic carbocycles. The maximum atomic E-state index is 13.7. The van der Waals surface area contributed by atoms with E-state index < -0.39 is 10.0 Å². The second-order valence-corrected chi connectivity index (χ2v) is 13.6. The second kappa shape index (κ2) is 12.3. The van der Waals surface area contributed by atoms with E-state index in [1.54, 1.807) is 13.0 Å². The molecule has 0 unspecified atom stereocenters. The van der Waals surface area contributed by atoms with Crippen molar-refractivity contribution in [1.29, 1.82) is 0 Å². The lowest BCUT2D eigenvalue weighted by Crippen LogP contribution is -2.46. The Labute approximate surface area is 244 Å². The Kier molecular flexibility index (Phi) is 8.80. The zero-order chi connectivity index (χ0) is 29.1. The predicted molar refractivity (Wildman–Crippen MR) is 162 cm³/mol. The molecule has 7 nitrogen and oxygen atoms in total. The summed E-state index contributed by atoms with van der Waals surface area (Å²) in [6.45, 7) is 10.00. The highest BCUT2D eigenvalue weighted by molar-refractivity contribution is 7.89. The summed E-state index contributed by atoms with van der Waals surface area (Å²) in [7, 11) is -3.82. The fourth-order valence-corrected chi connectivity index (χ4v) is 8.17. The van der Waals surface area contributed by atoms with E-state index in [1.807, 2.05) is 30.9 Å². The van der Waals surface area contributed by atoms with Gasteiger partial charge in [0.1, 0.15) is 5.69 Å². The average molecular weight is 576 g/mol. The van der Waals surface area contributed by atoms with Crippen molar-refractivity contribution in [2.75, 3.05) is 26.2 Å². The zero-order valence-electron chi connectivity index (χ0n) is 24.6. The molecule has 8 heteroatoms. The van der Waals surface area contributed by atoms with Gasteiger partial charge in [-0.05, 0) is 94.0 Å². The SMILES string of the molecule is Cc1cc(C)c(C=Cc2onc(C)c2S(=O)(=O)N2CCC(C(=O)N3CCC(Cc4ccccc4)CC3)CC2)c(C)c1. The molecule has 2 saturated heterocycles. The number of sulfonamides is 1. The molecule has 2 aliphatic rings. The van der Waals surface area contributed by atoms with Crippen LogP contribution in [0.3, 0.4) is 0 Å². The predicted octanol–water partition coefficient (Wildman–Crippen LogP) is 5.96. The van der Waals surface area contributed by atoms with E-state index in [9.17, 15) is 13.2 Å². The van der Waals surface area contributed by atoms with Crippen molar-refractivity contribution in [3.8, 4) is 0 Å². The molecule has 1 aromatic heterocycles. The fraction of sp³-hybridized carbons (Fsp3) is 0.455. The summed E-state index contributed by atoms with van der Waals surface area (Å²) >= 11 is 0. The van der Waals surface area contributed by atoms with Crippen LogP contribution < -0.4 is 0 Å². The Morgan fingerprint density at radius 2 is 1.56 bits per heavy atom. The van der Waals surface area contributed by atoms with Crippen molar-refractivity contribution in [3.05, 3.63) is 81.7 Å². The van der Waals surface area contributed by atoms with Gasteiger partial charge in [-0.1, -0.05) is 59.3 Å². The molecule has 218 valence electrons. The van der Waals surface area contributed by atoms with E-state index in [2.05, 4.69) is 48.5 Å². The first kappa shape index (κ1) is 29.3. The van der Waals surface area contributed by atoms with Crippen LogP contribution >= 0.6 is 0 Å². The zero-order valence-corrected chi connectivity index (χ0v) is 25.4. The number of likely N-dealkylation sites (tertiary alicyclic amines) is 1. The number of aryl methyl sites for hydroxylation is 4. The van der Waals surface area contributed by atoms with E-state index in [1.165, 1.54) is 15.4 Å². The first-order valence-electron chi connectivity index (χ1n) is 14.7. The number of aromatic nitrogens is 1. The Balaban J connectivity index is 1.20. The second-order valence-electron chi connectivity index (χ2n) is 11.7. The number of benzene rings is 2. The highest BCUT2D eigenvalue weighted by Crippen LogP contribution is 2.31. The summed E-state index contributed by atoms with van der Waals surface area (Å²) in [5.41, 5.74) is 6.16. The summed E-state index contributed by atoms with van der Waals surface area (Å²) in [5.74, 6) is 0.872. The van der Waals surface area contributed by atoms with Crippen LogP contribution in [0, 0.1) is 39.5 Å². The summed E-state index contributed by atoms with van der Waals surface area (Å²) in [4.78, 5) is 15.4. The summed E-state index contributed by atoms with van der Waals surface area (Å²) in [6.07, 6.45) is 7.74. The standard InChI is InChI=1S/C33H41N3O4S/c1-23-20-24(2)30(25(3)21-23)10-11-31-32(26(4)34-40-31)41(38,39)36-18-14-29(15-19-36)33(37)35-16-12-28(13-17-35)22-27-8-6-5-7-9-27/h5-11,20-21,28-29H,12-19,22H2,1-4H3. The molecule has 1 amide bonds. The third-order valence-corrected chi connectivity index (χ3v) is 10.7. The number of amides is 1. The monoisotopic (exact) mass is 575 g/mol. The van der Waals surface area contributed by atoms with Gasteiger partial charge in [-0.2, -0.15) is 4.31 Å². The third kappa shape index (κ3) is 6.49. The molecular formula is C33H41N3O4S. The number of nitrogens with zero attached hydrogens (tertiary/aromatic N) is 3. The van der Waals surface area contributed by atoms with Gasteiger partial charge in [0.15, 0.2) is 10.7 Å². The van der Waals surface area contributed by atoms with Gasteiger partial charge in [0.05, 0.1) is 0 Å². The number of hydrogen-bond donors (Lipinski definition) is 0. The maximum absolute atomic E-state index is 13.7. The Morgan fingerprint density at radius 1 is 0.927 bits per heavy atom. The molecule has 0 saturated carbocycles. The van der Waals surface area contributed by atoms with Crippen molar-refractivity contribution in [2.45, 2.75) is 64.7 Å². The van der Waals surface area contributed by atoms with Gasteiger partial charge >= 0.3 is 0 Å². The van der Waals surface area contributed by atoms with Crippen LogP contribution in [0.1, 0.15) is 65.0 Å². The van der Waals surface area contributed by atoms with Crippen LogP contribution in [-0.2, 0) is 21.2 Å². The molecule has 0 radical (unpaired) electrons. The largest absolute Gasteiger partial charge is 0.355 e. The summed E-state index contributed by atoms with van der Waals surface area (Å²) in [5, 5.41) is 3.99. The van der Waals surface area contributed by atoms with Crippen LogP contribution in [0.4, 0.5) is 0 Å². The number of hydrogen-bond acceptors (Lipinski definition) is 5. The Hall–Kier alpha value is -3.23. The van der Waals surface area contributed by atoms with Crippen molar-refractivity contribution >= 4 is 28.1 Å². The summed E-state index contributed by atoms with van der Waals surface area (Å²) in [6, 6.07) is 14.8. The molecule has 0 N–H and O–H groups in total. The topological polar surface area (TPSA) is 83.7 Å². The first-order chi connectivity index (χ1) is 19.6. The molecule has 2 aromatic carbocycles. The van der Waals surface area contributed by atoms with Crippen molar-refractivity contribution in [3.63, 3.8) is 0 Å². The fourth-order valence-electron chi connectivity index (χ4n) is 6.45. The highest BCUT2D eigenvalue weighted by Gasteiger charge is 2.37. The molecule has 5 rings (SSSR count). The molecule has 0 atom stereocenters. The van der Waals surface area contributed by atoms with Gasteiger partial charge in [0.2, 0.25) is 15.9 Å².